The van der Waals surface area contributed by atoms with Crippen molar-refractivity contribution < 1.29 is 23.5 Å². The summed E-state index contributed by atoms with van der Waals surface area (Å²) in [6, 6.07) is 15.9. The molecular weight excluding hydrogens is 470 g/mol. The molecule has 1 aliphatic heterocycles. The van der Waals surface area contributed by atoms with Gasteiger partial charge in [0.25, 0.3) is 11.8 Å². The quantitative estimate of drug-likeness (QED) is 0.296. The molecule has 0 fully saturated rings. The number of nitrogens with one attached hydrogen (secondary N) is 1. The van der Waals surface area contributed by atoms with E-state index in [4.69, 9.17) is 27.9 Å². The zero-order valence-corrected chi connectivity index (χ0v) is 18.6. The maximum atomic E-state index is 13.2. The largest absolute Gasteiger partial charge is 0.423 e. The Hall–Kier alpha value is -3.68. The van der Waals surface area contributed by atoms with Gasteiger partial charge in [-0.15, -0.1) is 0 Å². The highest BCUT2D eigenvalue weighted by atomic mass is 35.5. The smallest absolute Gasteiger partial charge is 0.343 e. The normalized spacial score (nSPS) is 13.5. The number of halogens is 3. The second-order valence-corrected chi connectivity index (χ2v) is 7.93. The first-order chi connectivity index (χ1) is 15.7. The van der Waals surface area contributed by atoms with Crippen LogP contribution in [0.15, 0.2) is 77.5 Å². The van der Waals surface area contributed by atoms with Crippen LogP contribution in [0.5, 0.6) is 5.75 Å². The van der Waals surface area contributed by atoms with Crippen LogP contribution < -0.4 is 15.0 Å². The third-order valence-corrected chi connectivity index (χ3v) is 5.43. The number of carbonyl (C=O) groups excluding carboxylic acids is 3. The molecule has 33 heavy (non-hydrogen) atoms. The Morgan fingerprint density at radius 2 is 1.61 bits per heavy atom. The fourth-order valence-corrected chi connectivity index (χ4v) is 3.60. The molecular formula is C24H15Cl2FN2O4. The van der Waals surface area contributed by atoms with Gasteiger partial charge in [-0.05, 0) is 79.2 Å². The standard InChI is InChI=1S/C24H15Cl2FN2O4/c1-13-12-15(25)4-11-19(13)33-24(32)14-2-7-17(8-3-14)28-21-20(26)22(30)29(23(21)31)18-9-5-16(27)6-10-18/h2-12,28H,1H3. The number of imide groups is 1. The van der Waals surface area contributed by atoms with Crippen LogP contribution in [0.3, 0.4) is 0 Å². The molecule has 9 heteroatoms. The van der Waals surface area contributed by atoms with Crippen LogP contribution in [0.4, 0.5) is 15.8 Å². The molecule has 166 valence electrons. The van der Waals surface area contributed by atoms with Crippen LogP contribution in [-0.4, -0.2) is 17.8 Å². The third kappa shape index (κ3) is 4.60. The van der Waals surface area contributed by atoms with E-state index in [1.54, 1.807) is 37.3 Å². The number of amides is 2. The van der Waals surface area contributed by atoms with Gasteiger partial charge in [0, 0.05) is 10.7 Å². The molecule has 0 spiro atoms. The summed E-state index contributed by atoms with van der Waals surface area (Å²) < 4.78 is 18.6. The van der Waals surface area contributed by atoms with Gasteiger partial charge in [0.15, 0.2) is 0 Å². The van der Waals surface area contributed by atoms with E-state index in [0.717, 1.165) is 17.0 Å². The van der Waals surface area contributed by atoms with E-state index in [1.165, 1.54) is 24.3 Å². The predicted octanol–water partition coefficient (Wildman–Crippen LogP) is 5.44. The van der Waals surface area contributed by atoms with Crippen LogP contribution in [0.25, 0.3) is 0 Å². The summed E-state index contributed by atoms with van der Waals surface area (Å²) in [4.78, 5) is 38.5. The fraction of sp³-hybridized carbons (Fsp3) is 0.0417. The molecule has 1 heterocycles. The van der Waals surface area contributed by atoms with E-state index < -0.39 is 23.6 Å². The Morgan fingerprint density at radius 1 is 0.939 bits per heavy atom. The van der Waals surface area contributed by atoms with Crippen molar-refractivity contribution in [2.24, 2.45) is 0 Å². The van der Waals surface area contributed by atoms with E-state index in [-0.39, 0.29) is 22.0 Å². The molecule has 1 N–H and O–H groups in total. The number of esters is 1. The highest BCUT2D eigenvalue weighted by Crippen LogP contribution is 2.30. The number of benzene rings is 3. The summed E-state index contributed by atoms with van der Waals surface area (Å²) in [7, 11) is 0. The van der Waals surface area contributed by atoms with Gasteiger partial charge in [-0.1, -0.05) is 23.2 Å². The number of carbonyl (C=O) groups is 3. The Kier molecular flexibility index (Phi) is 6.18. The van der Waals surface area contributed by atoms with Crippen LogP contribution in [-0.2, 0) is 9.59 Å². The summed E-state index contributed by atoms with van der Waals surface area (Å²) in [5.41, 5.74) is 1.47. The predicted molar refractivity (Wildman–Crippen MR) is 123 cm³/mol. The van der Waals surface area contributed by atoms with Crippen molar-refractivity contribution in [3.63, 3.8) is 0 Å². The molecule has 0 unspecified atom stereocenters. The van der Waals surface area contributed by atoms with Crippen molar-refractivity contribution in [3.8, 4) is 5.75 Å². The van der Waals surface area contributed by atoms with E-state index >= 15 is 0 Å². The zero-order chi connectivity index (χ0) is 23.7. The van der Waals surface area contributed by atoms with Gasteiger partial charge in [0.1, 0.15) is 22.3 Å². The van der Waals surface area contributed by atoms with Gasteiger partial charge in [-0.25, -0.2) is 14.1 Å². The minimum absolute atomic E-state index is 0.127. The molecule has 0 aliphatic carbocycles. The third-order valence-electron chi connectivity index (χ3n) is 4.84. The Labute approximate surface area is 198 Å². The lowest BCUT2D eigenvalue weighted by atomic mass is 10.2. The maximum Gasteiger partial charge on any atom is 0.343 e. The first-order valence-corrected chi connectivity index (χ1v) is 10.4. The number of rotatable bonds is 5. The SMILES string of the molecule is Cc1cc(Cl)ccc1OC(=O)c1ccc(NC2=C(Cl)C(=O)N(c3ccc(F)cc3)C2=O)cc1. The summed E-state index contributed by atoms with van der Waals surface area (Å²) in [5, 5.41) is 3.04. The zero-order valence-electron chi connectivity index (χ0n) is 17.1. The molecule has 3 aromatic carbocycles. The van der Waals surface area contributed by atoms with Crippen molar-refractivity contribution in [3.05, 3.63) is 99.4 Å². The van der Waals surface area contributed by atoms with Gasteiger partial charge in [0.05, 0.1) is 11.3 Å². The second-order valence-electron chi connectivity index (χ2n) is 7.11. The maximum absolute atomic E-state index is 13.2. The van der Waals surface area contributed by atoms with Gasteiger partial charge >= 0.3 is 5.97 Å². The summed E-state index contributed by atoms with van der Waals surface area (Å²) in [5.74, 6) is -2.09. The first kappa shape index (κ1) is 22.5. The Morgan fingerprint density at radius 3 is 2.24 bits per heavy atom. The van der Waals surface area contributed by atoms with Crippen molar-refractivity contribution in [2.75, 3.05) is 10.2 Å². The van der Waals surface area contributed by atoms with Crippen LogP contribution >= 0.6 is 23.2 Å². The molecule has 0 saturated carbocycles. The molecule has 6 nitrogen and oxygen atoms in total. The van der Waals surface area contributed by atoms with E-state index in [1.807, 2.05) is 0 Å². The van der Waals surface area contributed by atoms with Crippen LogP contribution in [0.1, 0.15) is 15.9 Å². The van der Waals surface area contributed by atoms with Crippen LogP contribution in [0, 0.1) is 12.7 Å². The minimum atomic E-state index is -0.727. The second kappa shape index (κ2) is 9.05. The van der Waals surface area contributed by atoms with E-state index in [2.05, 4.69) is 5.32 Å². The molecule has 2 amide bonds. The molecule has 0 atom stereocenters. The summed E-state index contributed by atoms with van der Waals surface area (Å²) in [6.45, 7) is 1.77. The van der Waals surface area contributed by atoms with Crippen molar-refractivity contribution in [1.82, 2.24) is 0 Å². The van der Waals surface area contributed by atoms with Crippen molar-refractivity contribution >= 4 is 52.4 Å². The number of nitrogens with zero attached hydrogens (tertiary/aromatic N) is 1. The average molecular weight is 485 g/mol. The highest BCUT2D eigenvalue weighted by molar-refractivity contribution is 6.53. The van der Waals surface area contributed by atoms with Gasteiger partial charge in [-0.3, -0.25) is 9.59 Å². The monoisotopic (exact) mass is 484 g/mol. The first-order valence-electron chi connectivity index (χ1n) is 9.64. The number of hydrogen-bond acceptors (Lipinski definition) is 5. The molecule has 0 aromatic heterocycles. The van der Waals surface area contributed by atoms with Gasteiger partial charge in [-0.2, -0.15) is 0 Å². The van der Waals surface area contributed by atoms with Crippen molar-refractivity contribution in [2.45, 2.75) is 6.92 Å². The Bertz CT molecular complexity index is 1310. The number of aryl methyl sites for hydroxylation is 1. The number of anilines is 2. The minimum Gasteiger partial charge on any atom is -0.423 e. The van der Waals surface area contributed by atoms with Crippen LogP contribution in [0.2, 0.25) is 5.02 Å². The summed E-state index contributed by atoms with van der Waals surface area (Å²) in [6.07, 6.45) is 0. The topological polar surface area (TPSA) is 75.7 Å². The molecule has 3 aromatic rings. The number of ether oxygens (including phenoxy) is 1. The Balaban J connectivity index is 1.48. The lowest BCUT2D eigenvalue weighted by Gasteiger charge is -2.15. The van der Waals surface area contributed by atoms with Gasteiger partial charge in [0.2, 0.25) is 0 Å². The molecule has 0 radical (unpaired) electrons. The molecule has 1 aliphatic rings. The molecule has 4 rings (SSSR count). The lowest BCUT2D eigenvalue weighted by Crippen LogP contribution is -2.32. The van der Waals surface area contributed by atoms with E-state index in [9.17, 15) is 18.8 Å². The van der Waals surface area contributed by atoms with E-state index in [0.29, 0.717) is 22.0 Å². The van der Waals surface area contributed by atoms with Gasteiger partial charge < -0.3 is 10.1 Å². The highest BCUT2D eigenvalue weighted by Gasteiger charge is 2.38. The fourth-order valence-electron chi connectivity index (χ4n) is 3.16. The average Bonchev–Trinajstić information content (AvgIpc) is 3.00. The summed E-state index contributed by atoms with van der Waals surface area (Å²) >= 11 is 12.0. The lowest BCUT2D eigenvalue weighted by molar-refractivity contribution is -0.120. The molecule has 0 saturated heterocycles. The van der Waals surface area contributed by atoms with Crippen molar-refractivity contribution in [1.29, 1.82) is 0 Å². The molecule has 0 bridgehead atoms. The number of hydrogen-bond donors (Lipinski definition) is 1.